The van der Waals surface area contributed by atoms with Crippen molar-refractivity contribution in [3.05, 3.63) is 148 Å². The third-order valence-corrected chi connectivity index (χ3v) is 22.7. The van der Waals surface area contributed by atoms with Gasteiger partial charge in [0, 0.05) is 124 Å². The number of benzene rings is 5. The molecule has 3 saturated heterocycles. The highest BCUT2D eigenvalue weighted by atomic mass is 35.5. The fourth-order valence-corrected chi connectivity index (χ4v) is 17.0. The number of piperazine rings is 2. The van der Waals surface area contributed by atoms with Gasteiger partial charge in [0.25, 0.3) is 37.6 Å². The van der Waals surface area contributed by atoms with E-state index >= 15 is 0 Å². The first-order valence-electron chi connectivity index (χ1n) is 31.9. The monoisotopic (exact) mass is 1370 g/mol. The number of halogens is 4. The molecule has 1 aliphatic carbocycles. The number of carbonyl (C=O) groups is 5. The molecule has 25 heteroatoms. The Hall–Kier alpha value is -6.80. The largest absolute Gasteiger partial charge is 0.501 e. The average Bonchev–Trinajstić information content (AvgIpc) is 1.53. The van der Waals surface area contributed by atoms with Crippen molar-refractivity contribution >= 4 is 95.4 Å². The van der Waals surface area contributed by atoms with Crippen molar-refractivity contribution in [2.24, 2.45) is 16.2 Å². The zero-order valence-corrected chi connectivity index (χ0v) is 57.1. The van der Waals surface area contributed by atoms with E-state index in [0.29, 0.717) is 68.2 Å². The second-order valence-corrected chi connectivity index (χ2v) is 32.8. The minimum Gasteiger partial charge on any atom is -0.384 e. The second-order valence-electron chi connectivity index (χ2n) is 27.7. The minimum absolute atomic E-state index is 0.0211. The molecule has 18 nitrogen and oxygen atoms in total. The smallest absolute Gasteiger partial charge is 0.384 e. The summed E-state index contributed by atoms with van der Waals surface area (Å²) in [6, 6.07) is 29.5. The van der Waals surface area contributed by atoms with Crippen molar-refractivity contribution in [2.75, 3.05) is 99.8 Å². The first-order valence-corrected chi connectivity index (χ1v) is 36.2. The summed E-state index contributed by atoms with van der Waals surface area (Å²) in [7, 11) is -11.1. The molecule has 504 valence electrons. The molecule has 5 aliphatic rings. The van der Waals surface area contributed by atoms with E-state index in [4.69, 9.17) is 11.6 Å². The maximum absolute atomic E-state index is 14.6. The van der Waals surface area contributed by atoms with Crippen LogP contribution in [0.1, 0.15) is 123 Å². The molecule has 0 radical (unpaired) electrons. The summed E-state index contributed by atoms with van der Waals surface area (Å²) in [5.41, 5.74) is -0.825. The summed E-state index contributed by atoms with van der Waals surface area (Å²) in [5.74, 6) is -3.02. The van der Waals surface area contributed by atoms with Gasteiger partial charge in [-0.15, -0.1) is 11.8 Å². The van der Waals surface area contributed by atoms with Crippen LogP contribution < -0.4 is 25.6 Å². The van der Waals surface area contributed by atoms with Gasteiger partial charge in [-0.1, -0.05) is 95.1 Å². The van der Waals surface area contributed by atoms with E-state index in [1.54, 1.807) is 30.3 Å². The van der Waals surface area contributed by atoms with Crippen LogP contribution in [0.3, 0.4) is 0 Å². The Kier molecular flexibility index (Phi) is 21.2. The lowest BCUT2D eigenvalue weighted by molar-refractivity contribution is -0.136. The third-order valence-electron chi connectivity index (χ3n) is 18.4. The molecule has 3 fully saturated rings. The van der Waals surface area contributed by atoms with Crippen molar-refractivity contribution < 1.29 is 54.0 Å². The first-order chi connectivity index (χ1) is 44.3. The number of thioether (sulfide) groups is 1. The maximum Gasteiger partial charge on any atom is 0.501 e. The molecule has 0 aromatic heterocycles. The molecule has 4 aliphatic heterocycles. The standard InChI is InChI=1S/C69H83ClF3N9O9S3/c1-66(2)29-27-54(46-15-19-49(70)20-16-46)48(40-66)41-79-35-37-81(38-36-79)51-21-17-47(18-22-51)62(84)77-94(90,91)53-23-24-56(59(39-53)93(88,89)69(71,72)73)75-50(42-92-52-11-8-7-9-12-52)28-30-78-31-33-80(34-32-78)45-68(5,6)43-67(3,4)44-74-57-14-10-13-55-61(57)65(87)82(64(55)86)58-25-26-60(83)76-63(58)85/h7-24,39,50,58,74-75H,25-38,40-45H2,1-6H3,(H,77,84)(H,76,83,85)/t50-,58?/m1/s1. The Labute approximate surface area is 558 Å². The molecular weight excluding hydrogens is 1290 g/mol. The van der Waals surface area contributed by atoms with Gasteiger partial charge < -0.3 is 25.3 Å². The minimum atomic E-state index is -6.15. The lowest BCUT2D eigenvalue weighted by atomic mass is 9.73. The van der Waals surface area contributed by atoms with Crippen LogP contribution in [0.2, 0.25) is 5.02 Å². The van der Waals surface area contributed by atoms with Gasteiger partial charge >= 0.3 is 5.51 Å². The zero-order valence-electron chi connectivity index (χ0n) is 53.9. The number of allylic oxidation sites excluding steroid dienone is 1. The fourth-order valence-electron chi connectivity index (χ4n) is 13.9. The summed E-state index contributed by atoms with van der Waals surface area (Å²) < 4.78 is 100. The highest BCUT2D eigenvalue weighted by molar-refractivity contribution is 7.99. The van der Waals surface area contributed by atoms with Crippen LogP contribution in [0.5, 0.6) is 0 Å². The van der Waals surface area contributed by atoms with Crippen LogP contribution in [0.4, 0.5) is 30.2 Å². The number of rotatable bonds is 24. The van der Waals surface area contributed by atoms with Crippen LogP contribution in [0.25, 0.3) is 5.57 Å². The van der Waals surface area contributed by atoms with Crippen molar-refractivity contribution in [3.63, 3.8) is 0 Å². The summed E-state index contributed by atoms with van der Waals surface area (Å²) in [6.45, 7) is 21.7. The maximum atomic E-state index is 14.6. The quantitative estimate of drug-likeness (QED) is 0.0334. The van der Waals surface area contributed by atoms with Gasteiger partial charge in [0.1, 0.15) is 10.9 Å². The Morgan fingerprint density at radius 2 is 1.43 bits per heavy atom. The topological polar surface area (TPSA) is 218 Å². The summed E-state index contributed by atoms with van der Waals surface area (Å²) in [4.78, 5) is 74.3. The molecule has 5 amide bonds. The number of anilines is 3. The van der Waals surface area contributed by atoms with Gasteiger partial charge in [0.2, 0.25) is 11.8 Å². The number of sulfonamides is 1. The first kappa shape index (κ1) is 70.0. The summed E-state index contributed by atoms with van der Waals surface area (Å²) in [5, 5.41) is 9.42. The number of amides is 5. The zero-order chi connectivity index (χ0) is 67.5. The number of imide groups is 2. The van der Waals surface area contributed by atoms with E-state index in [0.717, 1.165) is 92.6 Å². The summed E-state index contributed by atoms with van der Waals surface area (Å²) >= 11 is 7.66. The number of fused-ring (bicyclic) bond motifs is 1. The Morgan fingerprint density at radius 3 is 2.10 bits per heavy atom. The third kappa shape index (κ3) is 16.9. The van der Waals surface area contributed by atoms with Crippen molar-refractivity contribution in [1.29, 1.82) is 0 Å². The number of nitrogens with one attached hydrogen (secondary N) is 4. The molecule has 0 bridgehead atoms. The predicted molar refractivity (Wildman–Crippen MR) is 361 cm³/mol. The van der Waals surface area contributed by atoms with E-state index in [-0.39, 0.29) is 45.8 Å². The highest BCUT2D eigenvalue weighted by Gasteiger charge is 2.49. The normalized spacial score (nSPS) is 19.3. The number of piperidine rings is 1. The van der Waals surface area contributed by atoms with E-state index in [2.05, 4.69) is 89.2 Å². The molecule has 0 saturated carbocycles. The Balaban J connectivity index is 0.743. The molecule has 2 atom stereocenters. The molecule has 0 spiro atoms. The number of nitrogens with zero attached hydrogens (tertiary/aromatic N) is 5. The molecule has 5 aromatic carbocycles. The number of carbonyl (C=O) groups excluding carboxylic acids is 5. The number of hydrogen-bond acceptors (Lipinski definition) is 16. The average molecular weight is 1370 g/mol. The van der Waals surface area contributed by atoms with Crippen molar-refractivity contribution in [1.82, 2.24) is 29.6 Å². The molecule has 5 aromatic rings. The molecule has 94 heavy (non-hydrogen) atoms. The van der Waals surface area contributed by atoms with Gasteiger partial charge in [-0.2, -0.15) is 13.2 Å². The van der Waals surface area contributed by atoms with Crippen LogP contribution in [0, 0.1) is 16.2 Å². The SMILES string of the molecule is CC1(C)CCC(c2ccc(Cl)cc2)=C(CN2CCN(c3ccc(C(=O)NS(=O)(=O)c4ccc(N[C@H](CCN5CCN(CC(C)(C)CC(C)(C)CNc6cccc7c6C(=O)N(C6CCC(=O)NC6=O)C7=O)CC5)CSc5ccccc5)c(S(=O)(=O)C(F)(F)F)c4)cc3)CC2)C1. The fraction of sp³-hybridized carbons (Fsp3) is 0.464. The van der Waals surface area contributed by atoms with Crippen molar-refractivity contribution in [2.45, 2.75) is 119 Å². The lowest BCUT2D eigenvalue weighted by Gasteiger charge is -2.42. The Bertz CT molecular complexity index is 3910. The van der Waals surface area contributed by atoms with E-state index in [1.165, 1.54) is 40.6 Å². The molecule has 10 rings (SSSR count). The highest BCUT2D eigenvalue weighted by Crippen LogP contribution is 2.44. The number of hydrogen-bond donors (Lipinski definition) is 4. The van der Waals surface area contributed by atoms with E-state index in [9.17, 15) is 54.0 Å². The Morgan fingerprint density at radius 1 is 0.755 bits per heavy atom. The van der Waals surface area contributed by atoms with Crippen molar-refractivity contribution in [3.8, 4) is 0 Å². The van der Waals surface area contributed by atoms with Crippen LogP contribution >= 0.6 is 23.4 Å². The van der Waals surface area contributed by atoms with Crippen LogP contribution in [-0.2, 0) is 29.4 Å². The van der Waals surface area contributed by atoms with Gasteiger partial charge in [0.15, 0.2) is 0 Å². The van der Waals surface area contributed by atoms with Crippen LogP contribution in [-0.4, -0.2) is 168 Å². The number of sulfone groups is 1. The van der Waals surface area contributed by atoms with Gasteiger partial charge in [-0.05, 0) is 145 Å². The second kappa shape index (κ2) is 28.5. The molecular formula is C69H83ClF3N9O9S3. The van der Waals surface area contributed by atoms with Gasteiger partial charge in [-0.25, -0.2) is 21.6 Å². The molecule has 1 unspecified atom stereocenters. The van der Waals surface area contributed by atoms with E-state index < -0.39 is 82.5 Å². The molecule has 4 N–H and O–H groups in total. The van der Waals surface area contributed by atoms with Gasteiger partial charge in [0.05, 0.1) is 21.7 Å². The predicted octanol–water partition coefficient (Wildman–Crippen LogP) is 11.1. The number of alkyl halides is 3. The van der Waals surface area contributed by atoms with Crippen LogP contribution in [0.15, 0.2) is 136 Å². The molecule has 4 heterocycles. The lowest BCUT2D eigenvalue weighted by Crippen LogP contribution is -2.54. The summed E-state index contributed by atoms with van der Waals surface area (Å²) in [6.07, 6.45) is 4.34. The van der Waals surface area contributed by atoms with Gasteiger partial charge in [-0.3, -0.25) is 39.1 Å². The van der Waals surface area contributed by atoms with E-state index in [1.807, 2.05) is 47.2 Å².